The minimum absolute atomic E-state index is 0.0615. The molecule has 1 aromatic carbocycles. The number of amides is 1. The molecule has 1 amide bonds. The van der Waals surface area contributed by atoms with Crippen LogP contribution in [0, 0.1) is 11.7 Å². The number of rotatable bonds is 2. The van der Waals surface area contributed by atoms with E-state index in [9.17, 15) is 9.18 Å². The molecular weight excluding hydrogens is 207 g/mol. The molecule has 16 heavy (non-hydrogen) atoms. The predicted octanol–water partition coefficient (Wildman–Crippen LogP) is 1.89. The van der Waals surface area contributed by atoms with Gasteiger partial charge in [0.15, 0.2) is 0 Å². The number of hydrogen-bond donors (Lipinski definition) is 2. The third kappa shape index (κ3) is 2.39. The van der Waals surface area contributed by atoms with Crippen LogP contribution in [0.2, 0.25) is 0 Å². The van der Waals surface area contributed by atoms with Crippen molar-refractivity contribution in [2.24, 2.45) is 11.7 Å². The molecule has 1 fully saturated rings. The Balaban J connectivity index is 2.02. The maximum Gasteiger partial charge on any atom is 0.229 e. The Hall–Kier alpha value is -1.42. The van der Waals surface area contributed by atoms with Gasteiger partial charge >= 0.3 is 0 Å². The first kappa shape index (κ1) is 11.1. The van der Waals surface area contributed by atoms with E-state index in [-0.39, 0.29) is 23.7 Å². The van der Waals surface area contributed by atoms with E-state index in [4.69, 9.17) is 5.73 Å². The molecule has 0 saturated heterocycles. The van der Waals surface area contributed by atoms with Gasteiger partial charge in [-0.2, -0.15) is 0 Å². The highest BCUT2D eigenvalue weighted by Crippen LogP contribution is 2.25. The van der Waals surface area contributed by atoms with Crippen LogP contribution in [-0.4, -0.2) is 11.9 Å². The van der Waals surface area contributed by atoms with Crippen LogP contribution in [0.1, 0.15) is 19.3 Å². The zero-order chi connectivity index (χ0) is 11.5. The number of benzene rings is 1. The normalized spacial score (nSPS) is 24.4. The van der Waals surface area contributed by atoms with Gasteiger partial charge in [-0.05, 0) is 31.0 Å². The number of nitrogens with one attached hydrogen (secondary N) is 1. The molecule has 2 unspecified atom stereocenters. The van der Waals surface area contributed by atoms with E-state index >= 15 is 0 Å². The number of anilines is 1. The van der Waals surface area contributed by atoms with Gasteiger partial charge in [0, 0.05) is 11.7 Å². The maximum atomic E-state index is 12.9. The van der Waals surface area contributed by atoms with Crippen LogP contribution in [0.15, 0.2) is 24.3 Å². The highest BCUT2D eigenvalue weighted by molar-refractivity contribution is 5.93. The minimum Gasteiger partial charge on any atom is -0.327 e. The third-order valence-electron chi connectivity index (χ3n) is 3.00. The van der Waals surface area contributed by atoms with Crippen molar-refractivity contribution in [2.75, 3.05) is 5.32 Å². The Kier molecular flexibility index (Phi) is 3.19. The summed E-state index contributed by atoms with van der Waals surface area (Å²) in [6, 6.07) is 5.82. The third-order valence-corrected chi connectivity index (χ3v) is 3.00. The topological polar surface area (TPSA) is 55.1 Å². The Morgan fingerprint density at radius 1 is 1.44 bits per heavy atom. The molecule has 1 saturated carbocycles. The van der Waals surface area contributed by atoms with E-state index < -0.39 is 0 Å². The molecule has 0 aliphatic heterocycles. The molecule has 4 heteroatoms. The predicted molar refractivity (Wildman–Crippen MR) is 60.3 cm³/mol. The Morgan fingerprint density at radius 3 is 2.88 bits per heavy atom. The summed E-state index contributed by atoms with van der Waals surface area (Å²) in [5, 5.41) is 2.70. The van der Waals surface area contributed by atoms with Gasteiger partial charge in [-0.25, -0.2) is 4.39 Å². The summed E-state index contributed by atoms with van der Waals surface area (Å²) in [6.45, 7) is 0. The van der Waals surface area contributed by atoms with E-state index in [1.54, 1.807) is 12.1 Å². The molecule has 0 aromatic heterocycles. The second-order valence-electron chi connectivity index (χ2n) is 4.20. The van der Waals surface area contributed by atoms with Gasteiger partial charge in [0.1, 0.15) is 5.82 Å². The maximum absolute atomic E-state index is 12.9. The van der Waals surface area contributed by atoms with Gasteiger partial charge in [-0.15, -0.1) is 0 Å². The van der Waals surface area contributed by atoms with E-state index in [1.807, 2.05) is 0 Å². The molecule has 3 nitrogen and oxygen atoms in total. The first-order valence-electron chi connectivity index (χ1n) is 5.49. The zero-order valence-corrected chi connectivity index (χ0v) is 8.95. The van der Waals surface area contributed by atoms with Gasteiger partial charge in [-0.1, -0.05) is 12.5 Å². The van der Waals surface area contributed by atoms with Crippen LogP contribution in [-0.2, 0) is 4.79 Å². The number of carbonyl (C=O) groups is 1. The van der Waals surface area contributed by atoms with Crippen LogP contribution in [0.5, 0.6) is 0 Å². The van der Waals surface area contributed by atoms with E-state index in [1.165, 1.54) is 12.1 Å². The van der Waals surface area contributed by atoms with Gasteiger partial charge < -0.3 is 11.1 Å². The van der Waals surface area contributed by atoms with Crippen molar-refractivity contribution in [2.45, 2.75) is 25.3 Å². The van der Waals surface area contributed by atoms with Gasteiger partial charge in [0.25, 0.3) is 0 Å². The fraction of sp³-hybridized carbons (Fsp3) is 0.417. The summed E-state index contributed by atoms with van der Waals surface area (Å²) in [5.41, 5.74) is 6.32. The second-order valence-corrected chi connectivity index (χ2v) is 4.20. The summed E-state index contributed by atoms with van der Waals surface area (Å²) >= 11 is 0. The van der Waals surface area contributed by atoms with Crippen molar-refractivity contribution in [1.82, 2.24) is 0 Å². The van der Waals surface area contributed by atoms with Gasteiger partial charge in [0.05, 0.1) is 5.92 Å². The second kappa shape index (κ2) is 4.61. The standard InChI is InChI=1S/C12H15FN2O/c13-8-3-1-4-9(7-8)15-12(16)10-5-2-6-11(10)14/h1,3-4,7,10-11H,2,5-6,14H2,(H,15,16). The molecular formula is C12H15FN2O. The van der Waals surface area contributed by atoms with Crippen LogP contribution < -0.4 is 11.1 Å². The zero-order valence-electron chi connectivity index (χ0n) is 8.95. The summed E-state index contributed by atoms with van der Waals surface area (Å²) in [4.78, 5) is 11.8. The molecule has 2 rings (SSSR count). The van der Waals surface area contributed by atoms with Crippen molar-refractivity contribution in [3.8, 4) is 0 Å². The van der Waals surface area contributed by atoms with Crippen LogP contribution in [0.4, 0.5) is 10.1 Å². The quantitative estimate of drug-likeness (QED) is 0.802. The van der Waals surface area contributed by atoms with E-state index in [2.05, 4.69) is 5.32 Å². The molecule has 0 bridgehead atoms. The lowest BCUT2D eigenvalue weighted by Crippen LogP contribution is -2.34. The Labute approximate surface area is 93.8 Å². The molecule has 2 atom stereocenters. The molecule has 1 aromatic rings. The molecule has 86 valence electrons. The number of nitrogens with two attached hydrogens (primary N) is 1. The molecule has 1 aliphatic rings. The van der Waals surface area contributed by atoms with Crippen LogP contribution in [0.3, 0.4) is 0 Å². The first-order valence-corrected chi connectivity index (χ1v) is 5.49. The van der Waals surface area contributed by atoms with Crippen LogP contribution in [0.25, 0.3) is 0 Å². The number of carbonyl (C=O) groups excluding carboxylic acids is 1. The van der Waals surface area contributed by atoms with Crippen molar-refractivity contribution in [3.05, 3.63) is 30.1 Å². The molecule has 0 spiro atoms. The first-order chi connectivity index (χ1) is 7.66. The molecule has 1 aliphatic carbocycles. The monoisotopic (exact) mass is 222 g/mol. The average Bonchev–Trinajstić information content (AvgIpc) is 2.64. The van der Waals surface area contributed by atoms with Crippen molar-refractivity contribution >= 4 is 11.6 Å². The largest absolute Gasteiger partial charge is 0.327 e. The Bertz CT molecular complexity index is 394. The summed E-state index contributed by atoms with van der Waals surface area (Å²) in [6.07, 6.45) is 2.70. The van der Waals surface area contributed by atoms with Gasteiger partial charge in [-0.3, -0.25) is 4.79 Å². The fourth-order valence-electron chi connectivity index (χ4n) is 2.12. The highest BCUT2D eigenvalue weighted by Gasteiger charge is 2.30. The minimum atomic E-state index is -0.353. The average molecular weight is 222 g/mol. The Morgan fingerprint density at radius 2 is 2.25 bits per heavy atom. The van der Waals surface area contributed by atoms with E-state index in [0.29, 0.717) is 5.69 Å². The van der Waals surface area contributed by atoms with Crippen molar-refractivity contribution < 1.29 is 9.18 Å². The van der Waals surface area contributed by atoms with Crippen molar-refractivity contribution in [3.63, 3.8) is 0 Å². The lowest BCUT2D eigenvalue weighted by Gasteiger charge is -2.15. The summed E-state index contributed by atoms with van der Waals surface area (Å²) < 4.78 is 12.9. The fourth-order valence-corrected chi connectivity index (χ4v) is 2.12. The number of halogens is 1. The SMILES string of the molecule is NC1CCCC1C(=O)Nc1cccc(F)c1. The smallest absolute Gasteiger partial charge is 0.229 e. The number of hydrogen-bond acceptors (Lipinski definition) is 2. The highest BCUT2D eigenvalue weighted by atomic mass is 19.1. The summed E-state index contributed by atoms with van der Waals surface area (Å²) in [7, 11) is 0. The molecule has 0 radical (unpaired) electrons. The lowest BCUT2D eigenvalue weighted by molar-refractivity contribution is -0.120. The van der Waals surface area contributed by atoms with Crippen LogP contribution >= 0.6 is 0 Å². The van der Waals surface area contributed by atoms with Gasteiger partial charge in [0.2, 0.25) is 5.91 Å². The van der Waals surface area contributed by atoms with E-state index in [0.717, 1.165) is 19.3 Å². The van der Waals surface area contributed by atoms with Crippen molar-refractivity contribution in [1.29, 1.82) is 0 Å². The summed E-state index contributed by atoms with van der Waals surface area (Å²) in [5.74, 6) is -0.590. The molecule has 0 heterocycles. The molecule has 3 N–H and O–H groups in total. The lowest BCUT2D eigenvalue weighted by atomic mass is 10.0.